The summed E-state index contributed by atoms with van der Waals surface area (Å²) >= 11 is 0. The molecule has 8 nitrogen and oxygen atoms in total. The summed E-state index contributed by atoms with van der Waals surface area (Å²) in [6.45, 7) is 0. The maximum Gasteiger partial charge on any atom is 0.294 e. The van der Waals surface area contributed by atoms with E-state index in [0.717, 1.165) is 48.5 Å². The van der Waals surface area contributed by atoms with Crippen LogP contribution in [-0.2, 0) is 30.1 Å². The molecule has 0 fully saturated rings. The van der Waals surface area contributed by atoms with Gasteiger partial charge in [0.15, 0.2) is 0 Å². The van der Waals surface area contributed by atoms with E-state index in [-0.39, 0.29) is 29.6 Å². The Morgan fingerprint density at radius 3 is 1.17 bits per heavy atom. The van der Waals surface area contributed by atoms with Crippen molar-refractivity contribution in [2.75, 3.05) is 0 Å². The van der Waals surface area contributed by atoms with Crippen LogP contribution in [0.2, 0.25) is 0 Å². The van der Waals surface area contributed by atoms with E-state index in [1.54, 1.807) is 0 Å². The van der Waals surface area contributed by atoms with E-state index in [0.29, 0.717) is 0 Å². The van der Waals surface area contributed by atoms with Crippen LogP contribution in [0.4, 0.5) is 0 Å². The zero-order chi connectivity index (χ0) is 17.5. The molecule has 2 rings (SSSR count). The van der Waals surface area contributed by atoms with Gasteiger partial charge in [-0.15, -0.1) is 0 Å². The van der Waals surface area contributed by atoms with Crippen LogP contribution in [0, 0.1) is 0 Å². The van der Waals surface area contributed by atoms with E-state index in [2.05, 4.69) is 0 Å². The monoisotopic (exact) mass is 401 g/mol. The second kappa shape index (κ2) is 7.22. The van der Waals surface area contributed by atoms with Gasteiger partial charge < -0.3 is 0 Å². The molecule has 0 aliphatic carbocycles. The molecule has 12 heteroatoms. The van der Waals surface area contributed by atoms with Crippen LogP contribution < -0.4 is 0 Å². The fourth-order valence-corrected chi connectivity index (χ4v) is 4.29. The Kier molecular flexibility index (Phi) is 6.39. The molecule has 0 aliphatic heterocycles. The molecule has 1 radical (unpaired) electrons. The largest absolute Gasteiger partial charge is 0.294 e. The summed E-state index contributed by atoms with van der Waals surface area (Å²) in [6, 6.07) is 7.89. The Bertz CT molecular complexity index is 991. The van der Waals surface area contributed by atoms with Gasteiger partial charge in [-0.3, -0.25) is 9.11 Å². The van der Waals surface area contributed by atoms with Gasteiger partial charge in [-0.1, -0.05) is 12.1 Å². The Morgan fingerprint density at radius 1 is 0.583 bits per heavy atom. The molecule has 0 saturated heterocycles. The Hall–Kier alpha value is -0.790. The molecule has 0 heterocycles. The molecule has 0 saturated carbocycles. The predicted molar refractivity (Wildman–Crippen MR) is 83.7 cm³/mol. The van der Waals surface area contributed by atoms with Gasteiger partial charge >= 0.3 is 0 Å². The van der Waals surface area contributed by atoms with Crippen molar-refractivity contribution in [2.45, 2.75) is 19.6 Å². The maximum absolute atomic E-state index is 12.4. The third-order valence-electron chi connectivity index (χ3n) is 2.83. The van der Waals surface area contributed by atoms with Crippen LogP contribution >= 0.6 is 0 Å². The number of rotatable bonds is 4. The van der Waals surface area contributed by atoms with Crippen molar-refractivity contribution < 1.29 is 34.4 Å². The minimum atomic E-state index is -4.60. The van der Waals surface area contributed by atoms with Gasteiger partial charge in [-0.05, 0) is 36.4 Å². The second-order valence-electron chi connectivity index (χ2n) is 4.40. The van der Waals surface area contributed by atoms with E-state index in [1.807, 2.05) is 0 Å². The maximum atomic E-state index is 12.4. The summed E-state index contributed by atoms with van der Waals surface area (Å²) in [4.78, 5) is -2.16. The quantitative estimate of drug-likeness (QED) is 0.561. The van der Waals surface area contributed by atoms with Gasteiger partial charge in [0.2, 0.25) is 9.84 Å². The van der Waals surface area contributed by atoms with Gasteiger partial charge in [-0.2, -0.15) is 16.8 Å². The smallest absolute Gasteiger partial charge is 0.282 e. The molecule has 0 spiro atoms. The normalized spacial score (nSPS) is 12.4. The summed E-state index contributed by atoms with van der Waals surface area (Å²) in [5.74, 6) is 0. The van der Waals surface area contributed by atoms with E-state index >= 15 is 0 Å². The first-order valence-corrected chi connectivity index (χ1v) is 10.2. The molecule has 0 aliphatic rings. The number of benzene rings is 2. The molecular formula is C12H10NaO8S3. The molecule has 0 amide bonds. The van der Waals surface area contributed by atoms with E-state index in [1.165, 1.54) is 0 Å². The molecule has 2 aromatic rings. The Labute approximate surface area is 161 Å². The van der Waals surface area contributed by atoms with Gasteiger partial charge in [-0.25, -0.2) is 8.42 Å². The third kappa shape index (κ3) is 4.64. The van der Waals surface area contributed by atoms with Gasteiger partial charge in [0.05, 0.1) is 19.6 Å². The molecule has 24 heavy (non-hydrogen) atoms. The minimum absolute atomic E-state index is 0. The molecule has 125 valence electrons. The molecule has 0 aromatic heterocycles. The summed E-state index contributed by atoms with van der Waals surface area (Å²) in [5.41, 5.74) is 0. The summed E-state index contributed by atoms with van der Waals surface area (Å²) in [5, 5.41) is 0. The van der Waals surface area contributed by atoms with Crippen molar-refractivity contribution >= 4 is 59.6 Å². The van der Waals surface area contributed by atoms with E-state index in [4.69, 9.17) is 9.11 Å². The standard InChI is InChI=1S/C12H10O8S3.Na/c13-21(14,9-3-1-5-11(7-9)22(15,16)17)10-4-2-6-12(8-10)23(18,19)20;/h1-8H,(H,15,16,17)(H,18,19,20);. The first-order valence-electron chi connectivity index (χ1n) is 5.82. The minimum Gasteiger partial charge on any atom is -0.282 e. The summed E-state index contributed by atoms with van der Waals surface area (Å²) in [7, 11) is -13.5. The van der Waals surface area contributed by atoms with Crippen molar-refractivity contribution in [1.82, 2.24) is 0 Å². The van der Waals surface area contributed by atoms with Crippen LogP contribution in [-0.4, -0.2) is 63.9 Å². The summed E-state index contributed by atoms with van der Waals surface area (Å²) < 4.78 is 87.1. The van der Waals surface area contributed by atoms with Crippen molar-refractivity contribution in [3.63, 3.8) is 0 Å². The van der Waals surface area contributed by atoms with Crippen LogP contribution in [0.25, 0.3) is 0 Å². The average Bonchev–Trinajstić information content (AvgIpc) is 2.46. The van der Waals surface area contributed by atoms with Crippen LogP contribution in [0.1, 0.15) is 0 Å². The SMILES string of the molecule is O=S(=O)(O)c1cccc(S(=O)(=O)c2cccc(S(=O)(=O)O)c2)c1.[Na]. The van der Waals surface area contributed by atoms with Gasteiger partial charge in [0.1, 0.15) is 0 Å². The topological polar surface area (TPSA) is 143 Å². The van der Waals surface area contributed by atoms with Crippen molar-refractivity contribution in [2.24, 2.45) is 0 Å². The van der Waals surface area contributed by atoms with Crippen LogP contribution in [0.5, 0.6) is 0 Å². The molecule has 0 bridgehead atoms. The first-order chi connectivity index (χ1) is 10.4. The Morgan fingerprint density at radius 2 is 0.875 bits per heavy atom. The van der Waals surface area contributed by atoms with Gasteiger partial charge in [0, 0.05) is 29.6 Å². The Balaban J connectivity index is 0.00000288. The predicted octanol–water partition coefficient (Wildman–Crippen LogP) is 0.632. The zero-order valence-corrected chi connectivity index (χ0v) is 16.6. The molecule has 0 atom stereocenters. The van der Waals surface area contributed by atoms with Crippen molar-refractivity contribution in [3.05, 3.63) is 48.5 Å². The van der Waals surface area contributed by atoms with Crippen LogP contribution in [0.3, 0.4) is 0 Å². The van der Waals surface area contributed by atoms with Crippen molar-refractivity contribution in [1.29, 1.82) is 0 Å². The van der Waals surface area contributed by atoms with E-state index < -0.39 is 49.7 Å². The first kappa shape index (κ1) is 21.3. The number of hydrogen-bond donors (Lipinski definition) is 2. The fraction of sp³-hybridized carbons (Fsp3) is 0. The zero-order valence-electron chi connectivity index (χ0n) is 12.2. The average molecular weight is 401 g/mol. The number of hydrogen-bond acceptors (Lipinski definition) is 6. The number of sulfone groups is 1. The second-order valence-corrected chi connectivity index (χ2v) is 9.20. The molecule has 0 unspecified atom stereocenters. The fourth-order valence-electron chi connectivity index (χ4n) is 1.74. The van der Waals surface area contributed by atoms with Crippen LogP contribution in [0.15, 0.2) is 68.1 Å². The molecular weight excluding hydrogens is 391 g/mol. The molecule has 2 N–H and O–H groups in total. The van der Waals surface area contributed by atoms with E-state index in [9.17, 15) is 25.3 Å². The molecule has 2 aromatic carbocycles. The van der Waals surface area contributed by atoms with Gasteiger partial charge in [0.25, 0.3) is 20.2 Å². The third-order valence-corrected chi connectivity index (χ3v) is 6.28. The van der Waals surface area contributed by atoms with Crippen molar-refractivity contribution in [3.8, 4) is 0 Å². The summed E-state index contributed by atoms with van der Waals surface area (Å²) in [6.07, 6.45) is 0.